The Labute approximate surface area is 172 Å². The number of imidazole rings is 1. The Bertz CT molecular complexity index is 956. The van der Waals surface area contributed by atoms with E-state index < -0.39 is 0 Å². The smallest absolute Gasteiger partial charge is 0.293 e. The first-order valence-electron chi connectivity index (χ1n) is 9.25. The van der Waals surface area contributed by atoms with Gasteiger partial charge < -0.3 is 9.47 Å². The fourth-order valence-electron chi connectivity index (χ4n) is 3.53. The van der Waals surface area contributed by atoms with Crippen molar-refractivity contribution in [2.75, 3.05) is 13.1 Å². The fraction of sp³-hybridized carbons (Fsp3) is 0.368. The molecule has 3 aromatic rings. The van der Waals surface area contributed by atoms with Crippen LogP contribution in [0.4, 0.5) is 0 Å². The van der Waals surface area contributed by atoms with E-state index in [2.05, 4.69) is 19.6 Å². The van der Waals surface area contributed by atoms with Crippen LogP contribution in [0.5, 0.6) is 0 Å². The number of hydrogen-bond acceptors (Lipinski definition) is 4. The van der Waals surface area contributed by atoms with E-state index in [-0.39, 0.29) is 11.7 Å². The number of benzene rings is 1. The van der Waals surface area contributed by atoms with Crippen LogP contribution in [0, 0.1) is 0 Å². The van der Waals surface area contributed by atoms with Crippen molar-refractivity contribution in [2.24, 2.45) is 0 Å². The number of para-hydroxylation sites is 1. The van der Waals surface area contributed by atoms with Gasteiger partial charge in [0.2, 0.25) is 5.82 Å². The average Bonchev–Trinajstić information content (AvgIpc) is 3.38. The number of rotatable bonds is 4. The zero-order valence-corrected chi connectivity index (χ0v) is 16.9. The summed E-state index contributed by atoms with van der Waals surface area (Å²) in [6, 6.07) is 5.62. The SMILES string of the molecule is CCc1nc(C(=O)N2CCC(n3ccnc3)CC2)nn1-c1c(Cl)cccc1Cl. The third-order valence-corrected chi connectivity index (χ3v) is 5.64. The van der Waals surface area contributed by atoms with Crippen LogP contribution in [0.2, 0.25) is 10.0 Å². The molecule has 1 aliphatic rings. The number of halogens is 2. The summed E-state index contributed by atoms with van der Waals surface area (Å²) in [4.78, 5) is 23.3. The van der Waals surface area contributed by atoms with Crippen LogP contribution < -0.4 is 0 Å². The monoisotopic (exact) mass is 418 g/mol. The van der Waals surface area contributed by atoms with Gasteiger partial charge in [0.1, 0.15) is 11.5 Å². The molecule has 9 heteroatoms. The molecule has 146 valence electrons. The minimum atomic E-state index is -0.166. The number of carbonyl (C=O) groups is 1. The molecular formula is C19H20Cl2N6O. The summed E-state index contributed by atoms with van der Waals surface area (Å²) >= 11 is 12.6. The third-order valence-electron chi connectivity index (χ3n) is 5.03. The largest absolute Gasteiger partial charge is 0.336 e. The maximum atomic E-state index is 13.0. The predicted molar refractivity (Wildman–Crippen MR) is 107 cm³/mol. The van der Waals surface area contributed by atoms with Crippen molar-refractivity contribution in [2.45, 2.75) is 32.2 Å². The molecule has 7 nitrogen and oxygen atoms in total. The van der Waals surface area contributed by atoms with Gasteiger partial charge in [-0.15, -0.1) is 5.10 Å². The van der Waals surface area contributed by atoms with E-state index >= 15 is 0 Å². The van der Waals surface area contributed by atoms with Crippen molar-refractivity contribution < 1.29 is 4.79 Å². The molecule has 28 heavy (non-hydrogen) atoms. The van der Waals surface area contributed by atoms with Gasteiger partial charge in [-0.2, -0.15) is 0 Å². The Hall–Kier alpha value is -2.38. The van der Waals surface area contributed by atoms with Crippen LogP contribution in [-0.4, -0.2) is 48.2 Å². The summed E-state index contributed by atoms with van der Waals surface area (Å²) in [6.45, 7) is 3.27. The van der Waals surface area contributed by atoms with Crippen molar-refractivity contribution >= 4 is 29.1 Å². The first-order chi connectivity index (χ1) is 13.6. The second-order valence-corrected chi connectivity index (χ2v) is 7.53. The first kappa shape index (κ1) is 19.0. The quantitative estimate of drug-likeness (QED) is 0.645. The molecule has 0 bridgehead atoms. The number of aromatic nitrogens is 5. The van der Waals surface area contributed by atoms with Gasteiger partial charge in [-0.3, -0.25) is 4.79 Å². The van der Waals surface area contributed by atoms with Gasteiger partial charge in [-0.1, -0.05) is 36.2 Å². The van der Waals surface area contributed by atoms with Crippen LogP contribution in [0.3, 0.4) is 0 Å². The highest BCUT2D eigenvalue weighted by Crippen LogP contribution is 2.29. The van der Waals surface area contributed by atoms with E-state index in [0.717, 1.165) is 12.8 Å². The molecule has 0 saturated carbocycles. The first-order valence-corrected chi connectivity index (χ1v) is 10.0. The topological polar surface area (TPSA) is 68.8 Å². The molecule has 0 unspecified atom stereocenters. The lowest BCUT2D eigenvalue weighted by Gasteiger charge is -2.31. The Kier molecular flexibility index (Phi) is 5.37. The normalized spacial score (nSPS) is 15.2. The van der Waals surface area contributed by atoms with E-state index in [1.807, 2.05) is 19.4 Å². The third kappa shape index (κ3) is 3.52. The van der Waals surface area contributed by atoms with E-state index in [1.165, 1.54) is 0 Å². The Morgan fingerprint density at radius 1 is 1.21 bits per heavy atom. The number of aryl methyl sites for hydroxylation is 1. The highest BCUT2D eigenvalue weighted by atomic mass is 35.5. The van der Waals surface area contributed by atoms with Crippen LogP contribution in [0.1, 0.15) is 42.3 Å². The van der Waals surface area contributed by atoms with Gasteiger partial charge in [-0.25, -0.2) is 14.6 Å². The van der Waals surface area contributed by atoms with Crippen LogP contribution >= 0.6 is 23.2 Å². The molecule has 1 aliphatic heterocycles. The molecule has 0 spiro atoms. The highest BCUT2D eigenvalue weighted by molar-refractivity contribution is 6.37. The minimum Gasteiger partial charge on any atom is -0.336 e. The van der Waals surface area contributed by atoms with Crippen LogP contribution in [0.25, 0.3) is 5.69 Å². The summed E-state index contributed by atoms with van der Waals surface area (Å²) < 4.78 is 3.68. The number of carbonyl (C=O) groups excluding carboxylic acids is 1. The van der Waals surface area contributed by atoms with Gasteiger partial charge >= 0.3 is 0 Å². The van der Waals surface area contributed by atoms with Gasteiger partial charge in [0, 0.05) is 37.9 Å². The molecule has 1 aromatic carbocycles. The maximum absolute atomic E-state index is 13.0. The fourth-order valence-corrected chi connectivity index (χ4v) is 4.09. The van der Waals surface area contributed by atoms with E-state index in [4.69, 9.17) is 23.2 Å². The van der Waals surface area contributed by atoms with E-state index in [1.54, 1.807) is 34.0 Å². The summed E-state index contributed by atoms with van der Waals surface area (Å²) in [5, 5.41) is 5.38. The molecule has 0 atom stereocenters. The van der Waals surface area contributed by atoms with Gasteiger partial charge in [0.15, 0.2) is 0 Å². The number of piperidine rings is 1. The van der Waals surface area contributed by atoms with Crippen molar-refractivity contribution in [1.82, 2.24) is 29.2 Å². The summed E-state index contributed by atoms with van der Waals surface area (Å²) in [7, 11) is 0. The lowest BCUT2D eigenvalue weighted by atomic mass is 10.0. The molecule has 3 heterocycles. The zero-order valence-electron chi connectivity index (χ0n) is 15.4. The summed E-state index contributed by atoms with van der Waals surface area (Å²) in [6.07, 6.45) is 7.92. The predicted octanol–water partition coefficient (Wildman–Crippen LogP) is 3.81. The molecule has 1 saturated heterocycles. The minimum absolute atomic E-state index is 0.166. The number of likely N-dealkylation sites (tertiary alicyclic amines) is 1. The highest BCUT2D eigenvalue weighted by Gasteiger charge is 2.28. The molecule has 0 radical (unpaired) electrons. The molecule has 0 aliphatic carbocycles. The summed E-state index contributed by atoms with van der Waals surface area (Å²) in [5.41, 5.74) is 0.549. The van der Waals surface area contributed by atoms with Crippen molar-refractivity contribution in [3.05, 3.63) is 58.6 Å². The zero-order chi connectivity index (χ0) is 19.7. The summed E-state index contributed by atoms with van der Waals surface area (Å²) in [5.74, 6) is 0.654. The lowest BCUT2D eigenvalue weighted by Crippen LogP contribution is -2.39. The average molecular weight is 419 g/mol. The Morgan fingerprint density at radius 3 is 2.54 bits per heavy atom. The van der Waals surface area contributed by atoms with Gasteiger partial charge in [0.05, 0.1) is 16.4 Å². The number of nitrogens with zero attached hydrogens (tertiary/aromatic N) is 6. The van der Waals surface area contributed by atoms with Crippen LogP contribution in [0.15, 0.2) is 36.9 Å². The second-order valence-electron chi connectivity index (χ2n) is 6.72. The van der Waals surface area contributed by atoms with Gasteiger partial charge in [-0.05, 0) is 25.0 Å². The van der Waals surface area contributed by atoms with Crippen molar-refractivity contribution in [1.29, 1.82) is 0 Å². The maximum Gasteiger partial charge on any atom is 0.293 e. The molecule has 4 rings (SSSR count). The standard InChI is InChI=1S/C19H20Cl2N6O/c1-2-16-23-18(24-27(16)17-14(20)4-3-5-15(17)21)19(28)25-9-6-13(7-10-25)26-11-8-22-12-26/h3-5,8,11-13H,2,6-7,9-10H2,1H3. The number of hydrogen-bond donors (Lipinski definition) is 0. The van der Waals surface area contributed by atoms with Gasteiger partial charge in [0.25, 0.3) is 5.91 Å². The van der Waals surface area contributed by atoms with Crippen molar-refractivity contribution in [3.63, 3.8) is 0 Å². The number of amides is 1. The lowest BCUT2D eigenvalue weighted by molar-refractivity contribution is 0.0682. The van der Waals surface area contributed by atoms with E-state index in [0.29, 0.717) is 47.1 Å². The molecular weight excluding hydrogens is 399 g/mol. The van der Waals surface area contributed by atoms with E-state index in [9.17, 15) is 4.79 Å². The molecule has 0 N–H and O–H groups in total. The van der Waals surface area contributed by atoms with Crippen LogP contribution in [-0.2, 0) is 6.42 Å². The molecule has 1 fully saturated rings. The molecule has 1 amide bonds. The Balaban J connectivity index is 1.55. The van der Waals surface area contributed by atoms with Crippen molar-refractivity contribution in [3.8, 4) is 5.69 Å². The molecule has 2 aromatic heterocycles. The Morgan fingerprint density at radius 2 is 1.93 bits per heavy atom. The second kappa shape index (κ2) is 7.93.